The van der Waals surface area contributed by atoms with Crippen LogP contribution in [0.15, 0.2) is 67.3 Å². The van der Waals surface area contributed by atoms with Crippen LogP contribution in [0.1, 0.15) is 5.69 Å². The Morgan fingerprint density at radius 2 is 1.80 bits per heavy atom. The molecule has 3 aromatic heterocycles. The van der Waals surface area contributed by atoms with Gasteiger partial charge >= 0.3 is 5.69 Å². The Bertz CT molecular complexity index is 1430. The lowest BCUT2D eigenvalue weighted by Gasteiger charge is -2.11. The van der Waals surface area contributed by atoms with Gasteiger partial charge in [-0.05, 0) is 43.3 Å². The average molecular weight is 397 g/mol. The monoisotopic (exact) mass is 397 g/mol. The quantitative estimate of drug-likeness (QED) is 0.355. The fourth-order valence-electron chi connectivity index (χ4n) is 3.43. The molecule has 0 fully saturated rings. The first-order chi connectivity index (χ1) is 14.6. The Balaban J connectivity index is 1.67. The number of para-hydroxylation sites is 2. The van der Waals surface area contributed by atoms with Gasteiger partial charge in [0.15, 0.2) is 0 Å². The number of imidazole rings is 1. The normalized spacial score (nSPS) is 11.1. The maximum absolute atomic E-state index is 12.0. The molecule has 0 radical (unpaired) electrons. The minimum Gasteiger partial charge on any atom is -0.334 e. The number of nitrogens with one attached hydrogen (secondary N) is 1. The molecule has 0 bridgehead atoms. The van der Waals surface area contributed by atoms with E-state index in [0.29, 0.717) is 5.69 Å². The van der Waals surface area contributed by atoms with Crippen LogP contribution in [-0.2, 0) is 0 Å². The zero-order valence-electron chi connectivity index (χ0n) is 15.9. The van der Waals surface area contributed by atoms with Gasteiger partial charge in [-0.15, -0.1) is 0 Å². The number of aromatic nitrogens is 5. The molecule has 3 heterocycles. The first-order valence-electron chi connectivity index (χ1n) is 9.17. The van der Waals surface area contributed by atoms with Crippen LogP contribution >= 0.6 is 0 Å². The van der Waals surface area contributed by atoms with E-state index in [1.165, 1.54) is 12.7 Å². The third kappa shape index (κ3) is 2.89. The van der Waals surface area contributed by atoms with E-state index in [1.807, 2.05) is 61.5 Å². The number of hydrogen-bond donors (Lipinski definition) is 1. The predicted octanol–water partition coefficient (Wildman–Crippen LogP) is 4.32. The van der Waals surface area contributed by atoms with Crippen LogP contribution in [0, 0.1) is 17.0 Å². The Morgan fingerprint density at radius 3 is 2.67 bits per heavy atom. The fraction of sp³-hybridized carbons (Fsp3) is 0.0476. The molecule has 0 saturated heterocycles. The lowest BCUT2D eigenvalue weighted by atomic mass is 10.1. The van der Waals surface area contributed by atoms with Crippen LogP contribution in [0.2, 0.25) is 0 Å². The van der Waals surface area contributed by atoms with E-state index in [2.05, 4.69) is 25.3 Å². The summed E-state index contributed by atoms with van der Waals surface area (Å²) in [7, 11) is 0. The Morgan fingerprint density at radius 1 is 0.967 bits per heavy atom. The smallest absolute Gasteiger partial charge is 0.334 e. The number of rotatable bonds is 4. The number of fused-ring (bicyclic) bond motifs is 2. The highest BCUT2D eigenvalue weighted by molar-refractivity contribution is 5.94. The maximum Gasteiger partial charge on any atom is 0.354 e. The van der Waals surface area contributed by atoms with Gasteiger partial charge in [-0.3, -0.25) is 19.7 Å². The number of anilines is 2. The van der Waals surface area contributed by atoms with Crippen LogP contribution < -0.4 is 5.32 Å². The van der Waals surface area contributed by atoms with Crippen molar-refractivity contribution >= 4 is 39.1 Å². The summed E-state index contributed by atoms with van der Waals surface area (Å²) in [6.07, 6.45) is 2.82. The van der Waals surface area contributed by atoms with Gasteiger partial charge in [-0.1, -0.05) is 18.2 Å². The van der Waals surface area contributed by atoms with Crippen LogP contribution in [0.25, 0.3) is 27.8 Å². The molecule has 9 nitrogen and oxygen atoms in total. The molecular weight excluding hydrogens is 382 g/mol. The molecule has 0 spiro atoms. The second-order valence-corrected chi connectivity index (χ2v) is 6.70. The first kappa shape index (κ1) is 17.7. The predicted molar refractivity (Wildman–Crippen MR) is 113 cm³/mol. The van der Waals surface area contributed by atoms with Crippen molar-refractivity contribution in [3.05, 3.63) is 83.1 Å². The van der Waals surface area contributed by atoms with Crippen LogP contribution in [0.5, 0.6) is 0 Å². The molecule has 0 aliphatic carbocycles. The topological polar surface area (TPSA) is 112 Å². The van der Waals surface area contributed by atoms with Crippen molar-refractivity contribution < 1.29 is 4.92 Å². The summed E-state index contributed by atoms with van der Waals surface area (Å²) in [6, 6.07) is 16.8. The molecule has 9 heteroatoms. The van der Waals surface area contributed by atoms with E-state index in [9.17, 15) is 10.1 Å². The minimum atomic E-state index is -0.486. The summed E-state index contributed by atoms with van der Waals surface area (Å²) in [6.45, 7) is 1.91. The second-order valence-electron chi connectivity index (χ2n) is 6.70. The third-order valence-electron chi connectivity index (χ3n) is 4.79. The van der Waals surface area contributed by atoms with E-state index in [-0.39, 0.29) is 17.3 Å². The first-order valence-corrected chi connectivity index (χ1v) is 9.17. The molecule has 0 aliphatic rings. The number of hydrogen-bond acceptors (Lipinski definition) is 7. The summed E-state index contributed by atoms with van der Waals surface area (Å²) in [5.41, 5.74) is 3.55. The van der Waals surface area contributed by atoms with Gasteiger partial charge in [0.1, 0.15) is 12.7 Å². The average Bonchev–Trinajstić information content (AvgIpc) is 3.17. The SMILES string of the molecule is Cc1ccc2c(Nc3ncnc(-n4cnc5ccccc54)c3[N+](=O)[O-])cccc2n1. The van der Waals surface area contributed by atoms with Crippen molar-refractivity contribution in [3.8, 4) is 5.82 Å². The van der Waals surface area contributed by atoms with Crippen molar-refractivity contribution in [1.29, 1.82) is 0 Å². The molecule has 0 aliphatic heterocycles. The molecule has 0 amide bonds. The van der Waals surface area contributed by atoms with Crippen molar-refractivity contribution in [3.63, 3.8) is 0 Å². The molecule has 30 heavy (non-hydrogen) atoms. The molecular formula is C21H15N7O2. The Labute approximate surface area is 170 Å². The van der Waals surface area contributed by atoms with Crippen molar-refractivity contribution in [2.45, 2.75) is 6.92 Å². The lowest BCUT2D eigenvalue weighted by molar-refractivity contribution is -0.384. The van der Waals surface area contributed by atoms with Gasteiger partial charge < -0.3 is 5.32 Å². The highest BCUT2D eigenvalue weighted by Gasteiger charge is 2.26. The van der Waals surface area contributed by atoms with Crippen molar-refractivity contribution in [2.24, 2.45) is 0 Å². The van der Waals surface area contributed by atoms with Gasteiger partial charge in [-0.25, -0.2) is 15.0 Å². The minimum absolute atomic E-state index is 0.0934. The number of nitro groups is 1. The maximum atomic E-state index is 12.0. The molecule has 0 saturated carbocycles. The van der Waals surface area contributed by atoms with Crippen LogP contribution in [-0.4, -0.2) is 29.4 Å². The number of nitrogens with zero attached hydrogens (tertiary/aromatic N) is 6. The molecule has 5 rings (SSSR count). The molecule has 1 N–H and O–H groups in total. The molecule has 146 valence electrons. The van der Waals surface area contributed by atoms with Crippen molar-refractivity contribution in [2.75, 3.05) is 5.32 Å². The van der Waals surface area contributed by atoms with Gasteiger partial charge in [0, 0.05) is 16.8 Å². The Hall–Kier alpha value is -4.40. The zero-order chi connectivity index (χ0) is 20.7. The molecule has 5 aromatic rings. The molecule has 2 aromatic carbocycles. The second kappa shape index (κ2) is 6.89. The van der Waals surface area contributed by atoms with Gasteiger partial charge in [-0.2, -0.15) is 0 Å². The summed E-state index contributed by atoms with van der Waals surface area (Å²) < 4.78 is 1.59. The standard InChI is InChI=1S/C21H15N7O2/c1-13-9-10-14-15(25-13)6-4-7-16(14)26-20-19(28(29)30)21(23-11-22-20)27-12-24-17-5-2-3-8-18(17)27/h2-12H,1H3,(H,22,23,26). The van der Waals surface area contributed by atoms with E-state index in [4.69, 9.17) is 0 Å². The lowest BCUT2D eigenvalue weighted by Crippen LogP contribution is -2.07. The zero-order valence-corrected chi connectivity index (χ0v) is 15.9. The highest BCUT2D eigenvalue weighted by Crippen LogP contribution is 2.33. The summed E-state index contributed by atoms with van der Waals surface area (Å²) in [5, 5.41) is 16.0. The summed E-state index contributed by atoms with van der Waals surface area (Å²) >= 11 is 0. The highest BCUT2D eigenvalue weighted by atomic mass is 16.6. The fourth-order valence-corrected chi connectivity index (χ4v) is 3.43. The number of benzene rings is 2. The summed E-state index contributed by atoms with van der Waals surface area (Å²) in [5.74, 6) is 0.233. The van der Waals surface area contributed by atoms with Crippen molar-refractivity contribution in [1.82, 2.24) is 24.5 Å². The van der Waals surface area contributed by atoms with E-state index >= 15 is 0 Å². The third-order valence-corrected chi connectivity index (χ3v) is 4.79. The van der Waals surface area contributed by atoms with E-state index < -0.39 is 4.92 Å². The van der Waals surface area contributed by atoms with E-state index in [1.54, 1.807) is 4.57 Å². The van der Waals surface area contributed by atoms with E-state index in [0.717, 1.165) is 27.6 Å². The largest absolute Gasteiger partial charge is 0.354 e. The van der Waals surface area contributed by atoms with Crippen LogP contribution in [0.4, 0.5) is 17.2 Å². The number of pyridine rings is 1. The number of aryl methyl sites for hydroxylation is 1. The van der Waals surface area contributed by atoms with Gasteiger partial charge in [0.25, 0.3) is 0 Å². The molecule has 0 unspecified atom stereocenters. The van der Waals surface area contributed by atoms with Gasteiger partial charge in [0.05, 0.1) is 21.5 Å². The van der Waals surface area contributed by atoms with Gasteiger partial charge in [0.2, 0.25) is 11.6 Å². The van der Waals surface area contributed by atoms with Crippen LogP contribution in [0.3, 0.4) is 0 Å². The molecule has 0 atom stereocenters. The Kier molecular flexibility index (Phi) is 4.06. The summed E-state index contributed by atoms with van der Waals surface area (Å²) in [4.78, 5) is 28.7.